The van der Waals surface area contributed by atoms with Crippen LogP contribution in [0.15, 0.2) is 69.6 Å². The molecule has 1 aromatic heterocycles. The molecule has 5 rings (SSSR count). The van der Waals surface area contributed by atoms with Crippen molar-refractivity contribution in [3.8, 4) is 5.75 Å². The van der Waals surface area contributed by atoms with Crippen LogP contribution in [0.2, 0.25) is 0 Å². The fourth-order valence-electron chi connectivity index (χ4n) is 4.27. The number of amides is 1. The number of rotatable bonds is 4. The molecule has 0 saturated carbocycles. The highest BCUT2D eigenvalue weighted by atomic mass is 79.9. The molecule has 1 atom stereocenters. The van der Waals surface area contributed by atoms with E-state index in [0.717, 1.165) is 43.3 Å². The first-order chi connectivity index (χ1) is 14.1. The predicted molar refractivity (Wildman–Crippen MR) is 117 cm³/mol. The number of furan rings is 1. The second-order valence-electron chi connectivity index (χ2n) is 7.46. The molecule has 1 aliphatic heterocycles. The van der Waals surface area contributed by atoms with Crippen molar-refractivity contribution in [2.24, 2.45) is 0 Å². The number of carbonyl (C=O) groups is 1. The second-order valence-corrected chi connectivity index (χ2v) is 8.38. The van der Waals surface area contributed by atoms with Gasteiger partial charge in [0.2, 0.25) is 5.91 Å². The maximum absolute atomic E-state index is 12.8. The summed E-state index contributed by atoms with van der Waals surface area (Å²) in [6, 6.07) is 20.2. The summed E-state index contributed by atoms with van der Waals surface area (Å²) in [5.74, 6) is 1.04. The maximum atomic E-state index is 12.8. The summed E-state index contributed by atoms with van der Waals surface area (Å²) >= 11 is 3.46. The first-order valence-electron chi connectivity index (χ1n) is 9.64. The van der Waals surface area contributed by atoms with Crippen LogP contribution in [0.1, 0.15) is 23.5 Å². The second kappa shape index (κ2) is 7.23. The molecule has 0 radical (unpaired) electrons. The molecule has 1 saturated heterocycles. The number of ether oxygens (including phenoxy) is 1. The van der Waals surface area contributed by atoms with Crippen molar-refractivity contribution in [1.82, 2.24) is 4.90 Å². The summed E-state index contributed by atoms with van der Waals surface area (Å²) in [5.41, 5.74) is 3.88. The Morgan fingerprint density at radius 1 is 1.10 bits per heavy atom. The Labute approximate surface area is 177 Å². The van der Waals surface area contributed by atoms with Crippen LogP contribution in [0, 0.1) is 0 Å². The lowest BCUT2D eigenvalue weighted by molar-refractivity contribution is -0.128. The minimum Gasteiger partial charge on any atom is -0.493 e. The SMILES string of the molecule is COc1ccc(C2CC(=O)N(Cc3ccc(Br)cc3)C2)c2c1oc1ccccc12. The number of para-hydroxylation sites is 1. The maximum Gasteiger partial charge on any atom is 0.223 e. The Morgan fingerprint density at radius 3 is 2.69 bits per heavy atom. The highest BCUT2D eigenvalue weighted by Crippen LogP contribution is 2.42. The van der Waals surface area contributed by atoms with E-state index in [1.807, 2.05) is 41.3 Å². The number of methoxy groups -OCH3 is 1. The molecule has 3 aromatic carbocycles. The molecular weight excluding hydrogens is 430 g/mol. The molecule has 5 heteroatoms. The minimum atomic E-state index is 0.132. The summed E-state index contributed by atoms with van der Waals surface area (Å²) < 4.78 is 12.7. The lowest BCUT2D eigenvalue weighted by Crippen LogP contribution is -2.24. The number of likely N-dealkylation sites (tertiary alicyclic amines) is 1. The van der Waals surface area contributed by atoms with Gasteiger partial charge in [-0.25, -0.2) is 0 Å². The number of hydrogen-bond acceptors (Lipinski definition) is 3. The van der Waals surface area contributed by atoms with Crippen LogP contribution in [0.5, 0.6) is 5.75 Å². The molecule has 0 bridgehead atoms. The Morgan fingerprint density at radius 2 is 1.90 bits per heavy atom. The van der Waals surface area contributed by atoms with E-state index in [-0.39, 0.29) is 11.8 Å². The predicted octanol–water partition coefficient (Wildman–Crippen LogP) is 5.87. The fourth-order valence-corrected chi connectivity index (χ4v) is 4.54. The lowest BCUT2D eigenvalue weighted by atomic mass is 9.93. The third kappa shape index (κ3) is 3.19. The van der Waals surface area contributed by atoms with Gasteiger partial charge >= 0.3 is 0 Å². The van der Waals surface area contributed by atoms with E-state index in [4.69, 9.17) is 9.15 Å². The van der Waals surface area contributed by atoms with E-state index in [2.05, 4.69) is 40.2 Å². The molecule has 0 spiro atoms. The number of hydrogen-bond donors (Lipinski definition) is 0. The smallest absolute Gasteiger partial charge is 0.223 e. The van der Waals surface area contributed by atoms with Crippen LogP contribution in [0.3, 0.4) is 0 Å². The zero-order valence-corrected chi connectivity index (χ0v) is 17.6. The number of benzene rings is 3. The van der Waals surface area contributed by atoms with Gasteiger partial charge in [0.25, 0.3) is 0 Å². The third-order valence-electron chi connectivity index (χ3n) is 5.68. The van der Waals surface area contributed by atoms with Crippen molar-refractivity contribution in [2.75, 3.05) is 13.7 Å². The molecule has 0 N–H and O–H groups in total. The summed E-state index contributed by atoms with van der Waals surface area (Å²) in [5, 5.41) is 2.12. The molecule has 4 aromatic rings. The van der Waals surface area contributed by atoms with E-state index >= 15 is 0 Å². The van der Waals surface area contributed by atoms with Gasteiger partial charge in [0.1, 0.15) is 5.58 Å². The monoisotopic (exact) mass is 449 g/mol. The zero-order chi connectivity index (χ0) is 20.0. The standard InChI is InChI=1S/C24H20BrNO3/c1-28-21-11-10-18(23-19-4-2-3-5-20(19)29-24(21)23)16-12-22(27)26(14-16)13-15-6-8-17(25)9-7-15/h2-11,16H,12-14H2,1H3. The first-order valence-corrected chi connectivity index (χ1v) is 10.4. The molecule has 2 heterocycles. The third-order valence-corrected chi connectivity index (χ3v) is 6.21. The fraction of sp³-hybridized carbons (Fsp3) is 0.208. The topological polar surface area (TPSA) is 42.7 Å². The number of carbonyl (C=O) groups excluding carboxylic acids is 1. The van der Waals surface area contributed by atoms with Crippen LogP contribution >= 0.6 is 15.9 Å². The van der Waals surface area contributed by atoms with E-state index in [1.165, 1.54) is 0 Å². The Hall–Kier alpha value is -2.79. The average Bonchev–Trinajstić information content (AvgIpc) is 3.30. The van der Waals surface area contributed by atoms with Crippen molar-refractivity contribution < 1.29 is 13.9 Å². The van der Waals surface area contributed by atoms with Gasteiger partial charge in [-0.3, -0.25) is 4.79 Å². The van der Waals surface area contributed by atoms with Gasteiger partial charge < -0.3 is 14.1 Å². The van der Waals surface area contributed by atoms with E-state index in [1.54, 1.807) is 7.11 Å². The van der Waals surface area contributed by atoms with Crippen molar-refractivity contribution in [1.29, 1.82) is 0 Å². The van der Waals surface area contributed by atoms with Crippen LogP contribution in [0.4, 0.5) is 0 Å². The highest BCUT2D eigenvalue weighted by Gasteiger charge is 2.32. The quantitative estimate of drug-likeness (QED) is 0.391. The summed E-state index contributed by atoms with van der Waals surface area (Å²) in [6.07, 6.45) is 0.511. The lowest BCUT2D eigenvalue weighted by Gasteiger charge is -2.17. The Bertz CT molecular complexity index is 1210. The van der Waals surface area contributed by atoms with Crippen molar-refractivity contribution in [3.63, 3.8) is 0 Å². The van der Waals surface area contributed by atoms with E-state index < -0.39 is 0 Å². The van der Waals surface area contributed by atoms with E-state index in [9.17, 15) is 4.79 Å². The largest absolute Gasteiger partial charge is 0.493 e. The Kier molecular flexibility index (Phi) is 4.55. The highest BCUT2D eigenvalue weighted by molar-refractivity contribution is 9.10. The summed E-state index contributed by atoms with van der Waals surface area (Å²) in [4.78, 5) is 14.7. The minimum absolute atomic E-state index is 0.132. The van der Waals surface area contributed by atoms with Gasteiger partial charge in [-0.15, -0.1) is 0 Å². The van der Waals surface area contributed by atoms with Crippen molar-refractivity contribution in [2.45, 2.75) is 18.9 Å². The van der Waals surface area contributed by atoms with Crippen LogP contribution < -0.4 is 4.74 Å². The van der Waals surface area contributed by atoms with Crippen LogP contribution in [0.25, 0.3) is 21.9 Å². The van der Waals surface area contributed by atoms with Crippen molar-refractivity contribution >= 4 is 43.8 Å². The van der Waals surface area contributed by atoms with Gasteiger partial charge in [-0.1, -0.05) is 52.3 Å². The van der Waals surface area contributed by atoms with Crippen LogP contribution in [-0.4, -0.2) is 24.5 Å². The molecule has 4 nitrogen and oxygen atoms in total. The molecule has 146 valence electrons. The summed E-state index contributed by atoms with van der Waals surface area (Å²) in [7, 11) is 1.65. The van der Waals surface area contributed by atoms with Gasteiger partial charge in [0.15, 0.2) is 11.3 Å². The molecule has 1 aliphatic rings. The molecule has 1 fully saturated rings. The van der Waals surface area contributed by atoms with Gasteiger partial charge in [0, 0.05) is 40.7 Å². The summed E-state index contributed by atoms with van der Waals surface area (Å²) in [6.45, 7) is 1.34. The number of fused-ring (bicyclic) bond motifs is 3. The molecule has 1 amide bonds. The number of halogens is 1. The molecule has 0 aliphatic carbocycles. The van der Waals surface area contributed by atoms with Crippen LogP contribution in [-0.2, 0) is 11.3 Å². The zero-order valence-electron chi connectivity index (χ0n) is 16.0. The van der Waals surface area contributed by atoms with Gasteiger partial charge in [-0.05, 0) is 35.4 Å². The van der Waals surface area contributed by atoms with Gasteiger partial charge in [-0.2, -0.15) is 0 Å². The first kappa shape index (κ1) is 18.3. The molecular formula is C24H20BrNO3. The normalized spacial score (nSPS) is 16.8. The molecule has 1 unspecified atom stereocenters. The molecule has 29 heavy (non-hydrogen) atoms. The number of nitrogens with zero attached hydrogens (tertiary/aromatic N) is 1. The average molecular weight is 450 g/mol. The van der Waals surface area contributed by atoms with E-state index in [0.29, 0.717) is 19.5 Å². The van der Waals surface area contributed by atoms with Gasteiger partial charge in [0.05, 0.1) is 7.11 Å². The van der Waals surface area contributed by atoms with Crippen molar-refractivity contribution in [3.05, 3.63) is 76.3 Å². The Balaban J connectivity index is 1.52.